The first-order valence-corrected chi connectivity index (χ1v) is 10.2. The smallest absolute Gasteiger partial charge is 0.304 e. The summed E-state index contributed by atoms with van der Waals surface area (Å²) < 4.78 is 30.3. The van der Waals surface area contributed by atoms with Crippen molar-refractivity contribution in [3.8, 4) is 5.75 Å². The number of carbonyl (C=O) groups is 3. The van der Waals surface area contributed by atoms with Gasteiger partial charge in [0.1, 0.15) is 23.3 Å². The molecule has 0 unspecified atom stereocenters. The van der Waals surface area contributed by atoms with E-state index in [9.17, 15) is 18.8 Å². The highest BCUT2D eigenvalue weighted by Gasteiger charge is 2.46. The summed E-state index contributed by atoms with van der Waals surface area (Å²) >= 11 is 5.82. The lowest BCUT2D eigenvalue weighted by atomic mass is 9.85. The number of nitrogens with one attached hydrogen (secondary N) is 1. The number of hydrogen-bond acceptors (Lipinski definition) is 6. The first-order valence-electron chi connectivity index (χ1n) is 9.84. The van der Waals surface area contributed by atoms with E-state index in [4.69, 9.17) is 25.8 Å². The molecule has 2 aromatic rings. The summed E-state index contributed by atoms with van der Waals surface area (Å²) in [5.41, 5.74) is 0.147. The highest BCUT2D eigenvalue weighted by atomic mass is 35.5. The van der Waals surface area contributed by atoms with Crippen LogP contribution >= 0.6 is 11.6 Å². The van der Waals surface area contributed by atoms with Crippen LogP contribution in [-0.4, -0.2) is 36.2 Å². The van der Waals surface area contributed by atoms with E-state index in [0.29, 0.717) is 16.9 Å². The van der Waals surface area contributed by atoms with Crippen molar-refractivity contribution in [3.05, 3.63) is 63.9 Å². The fourth-order valence-corrected chi connectivity index (χ4v) is 3.69. The molecule has 2 aromatic carbocycles. The molecule has 170 valence electrons. The van der Waals surface area contributed by atoms with E-state index < -0.39 is 35.4 Å². The molecule has 0 aliphatic carbocycles. The monoisotopic (exact) mass is 463 g/mol. The molecule has 0 aromatic heterocycles. The van der Waals surface area contributed by atoms with E-state index in [1.807, 2.05) is 0 Å². The van der Waals surface area contributed by atoms with Gasteiger partial charge in [0.2, 0.25) is 0 Å². The highest BCUT2D eigenvalue weighted by molar-refractivity contribution is 6.31. The van der Waals surface area contributed by atoms with Crippen molar-refractivity contribution in [2.24, 2.45) is 0 Å². The molecule has 1 heterocycles. The summed E-state index contributed by atoms with van der Waals surface area (Å²) in [4.78, 5) is 36.1. The Morgan fingerprint density at radius 2 is 1.81 bits per heavy atom. The van der Waals surface area contributed by atoms with Gasteiger partial charge in [-0.25, -0.2) is 4.39 Å². The lowest BCUT2D eigenvalue weighted by Crippen LogP contribution is -2.55. The quantitative estimate of drug-likeness (QED) is 0.391. The molecule has 0 bridgehead atoms. The van der Waals surface area contributed by atoms with Crippen LogP contribution in [0, 0.1) is 5.82 Å². The minimum atomic E-state index is -0.941. The minimum Gasteiger partial charge on any atom is -0.485 e. The van der Waals surface area contributed by atoms with Gasteiger partial charge >= 0.3 is 5.97 Å². The largest absolute Gasteiger partial charge is 0.485 e. The van der Waals surface area contributed by atoms with Gasteiger partial charge in [0.05, 0.1) is 11.1 Å². The summed E-state index contributed by atoms with van der Waals surface area (Å²) in [7, 11) is 0. The number of halogens is 2. The second-order valence-electron chi connectivity index (χ2n) is 7.94. The van der Waals surface area contributed by atoms with Crippen LogP contribution in [0.1, 0.15) is 60.0 Å². The predicted octanol–water partition coefficient (Wildman–Crippen LogP) is 4.23. The zero-order valence-electron chi connectivity index (χ0n) is 18.0. The third kappa shape index (κ3) is 5.08. The molecular weight excluding hydrogens is 441 g/mol. The van der Waals surface area contributed by atoms with Crippen molar-refractivity contribution < 1.29 is 33.0 Å². The molecule has 7 nitrogen and oxygen atoms in total. The average Bonchev–Trinajstić information content (AvgIpc) is 2.70. The van der Waals surface area contributed by atoms with Crippen molar-refractivity contribution in [2.45, 2.75) is 45.4 Å². The lowest BCUT2D eigenvalue weighted by Gasteiger charge is -2.44. The van der Waals surface area contributed by atoms with Crippen LogP contribution in [0.5, 0.6) is 5.75 Å². The molecule has 1 aliphatic rings. The Morgan fingerprint density at radius 1 is 1.12 bits per heavy atom. The zero-order chi connectivity index (χ0) is 23.6. The number of ether oxygens (including phenoxy) is 3. The van der Waals surface area contributed by atoms with Gasteiger partial charge in [0.15, 0.2) is 12.6 Å². The topological polar surface area (TPSA) is 90.9 Å². The van der Waals surface area contributed by atoms with Crippen LogP contribution in [0.4, 0.5) is 4.39 Å². The molecule has 0 fully saturated rings. The van der Waals surface area contributed by atoms with Gasteiger partial charge in [-0.1, -0.05) is 11.6 Å². The van der Waals surface area contributed by atoms with Gasteiger partial charge in [-0.05, 0) is 57.2 Å². The third-order valence-corrected chi connectivity index (χ3v) is 5.38. The first kappa shape index (κ1) is 23.7. The van der Waals surface area contributed by atoms with Crippen molar-refractivity contribution in [3.63, 3.8) is 0 Å². The average molecular weight is 464 g/mol. The number of fused-ring (bicyclic) bond motifs is 1. The number of carbonyl (C=O) groups excluding carboxylic acids is 3. The number of benzene rings is 2. The zero-order valence-corrected chi connectivity index (χ0v) is 18.8. The van der Waals surface area contributed by atoms with E-state index in [0.717, 1.165) is 6.07 Å². The van der Waals surface area contributed by atoms with Crippen molar-refractivity contribution in [1.29, 1.82) is 0 Å². The van der Waals surface area contributed by atoms with Gasteiger partial charge in [-0.3, -0.25) is 14.4 Å². The number of amides is 1. The maximum Gasteiger partial charge on any atom is 0.304 e. The maximum atomic E-state index is 13.5. The molecular formula is C23H23ClFNO6. The number of hydrogen-bond donors (Lipinski definition) is 1. The summed E-state index contributed by atoms with van der Waals surface area (Å²) in [6.07, 6.45) is -0.795. The molecule has 1 aliphatic heterocycles. The Morgan fingerprint density at radius 3 is 2.44 bits per heavy atom. The molecule has 0 saturated carbocycles. The molecule has 0 spiro atoms. The molecule has 1 amide bonds. The van der Waals surface area contributed by atoms with E-state index >= 15 is 0 Å². The van der Waals surface area contributed by atoms with E-state index in [1.54, 1.807) is 32.0 Å². The number of ketones is 1. The van der Waals surface area contributed by atoms with Crippen LogP contribution in [0.15, 0.2) is 36.4 Å². The third-order valence-electron chi connectivity index (χ3n) is 5.09. The Balaban J connectivity index is 2.01. The molecule has 0 saturated heterocycles. The summed E-state index contributed by atoms with van der Waals surface area (Å²) in [6, 6.07) is 7.76. The second-order valence-corrected chi connectivity index (χ2v) is 8.34. The summed E-state index contributed by atoms with van der Waals surface area (Å²) in [6.45, 7) is 5.85. The van der Waals surface area contributed by atoms with Crippen LogP contribution < -0.4 is 10.1 Å². The SMILES string of the molecule is CC(=O)OCO[C@H]1[C@@H](NC(=O)c2ccc(F)c(Cl)c2)c2cc(C(C)=O)ccc2OC1(C)C. The fourth-order valence-electron chi connectivity index (χ4n) is 3.51. The molecule has 32 heavy (non-hydrogen) atoms. The van der Waals surface area contributed by atoms with E-state index in [1.165, 1.54) is 26.0 Å². The normalized spacial score (nSPS) is 18.8. The number of Topliss-reactive ketones (excluding diaryl/α,β-unsaturated/α-hetero) is 1. The number of rotatable bonds is 6. The van der Waals surface area contributed by atoms with Gasteiger partial charge in [0.25, 0.3) is 5.91 Å². The van der Waals surface area contributed by atoms with Gasteiger partial charge in [-0.15, -0.1) is 0 Å². The Labute approximate surface area is 189 Å². The van der Waals surface area contributed by atoms with Crippen LogP contribution in [-0.2, 0) is 14.3 Å². The van der Waals surface area contributed by atoms with E-state index in [2.05, 4.69) is 5.32 Å². The molecule has 2 atom stereocenters. The highest BCUT2D eigenvalue weighted by Crippen LogP contribution is 2.42. The van der Waals surface area contributed by atoms with E-state index in [-0.39, 0.29) is 23.2 Å². The van der Waals surface area contributed by atoms with Crippen LogP contribution in [0.25, 0.3) is 0 Å². The summed E-state index contributed by atoms with van der Waals surface area (Å²) in [5, 5.41) is 2.68. The molecule has 1 N–H and O–H groups in total. The van der Waals surface area contributed by atoms with Crippen molar-refractivity contribution in [2.75, 3.05) is 6.79 Å². The minimum absolute atomic E-state index is 0.142. The predicted molar refractivity (Wildman–Crippen MR) is 114 cm³/mol. The number of esters is 1. The van der Waals surface area contributed by atoms with Gasteiger partial charge in [-0.2, -0.15) is 0 Å². The maximum absolute atomic E-state index is 13.5. The summed E-state index contributed by atoms with van der Waals surface area (Å²) in [5.74, 6) is -1.40. The molecule has 3 rings (SSSR count). The van der Waals surface area contributed by atoms with Gasteiger partial charge < -0.3 is 19.5 Å². The van der Waals surface area contributed by atoms with Gasteiger partial charge in [0, 0.05) is 23.6 Å². The Hall–Kier alpha value is -2.97. The Kier molecular flexibility index (Phi) is 6.85. The first-order chi connectivity index (χ1) is 15.0. The standard InChI is InChI=1S/C23H23ClFNO6/c1-12(27)14-6-8-19-16(9-14)20(21(23(3,4)32-19)31-11-30-13(2)28)26-22(29)15-5-7-18(25)17(24)10-15/h5-10,20-21H,11H2,1-4H3,(H,26,29)/t20-,21-/m0/s1. The van der Waals surface area contributed by atoms with Crippen molar-refractivity contribution in [1.82, 2.24) is 5.32 Å². The van der Waals surface area contributed by atoms with Crippen LogP contribution in [0.3, 0.4) is 0 Å². The second kappa shape index (κ2) is 9.26. The Bertz CT molecular complexity index is 1070. The lowest BCUT2D eigenvalue weighted by molar-refractivity contribution is -0.177. The fraction of sp³-hybridized carbons (Fsp3) is 0.348. The van der Waals surface area contributed by atoms with Crippen LogP contribution in [0.2, 0.25) is 5.02 Å². The molecule has 9 heteroatoms. The molecule has 0 radical (unpaired) electrons. The van der Waals surface area contributed by atoms with Crippen molar-refractivity contribution >= 4 is 29.3 Å².